The van der Waals surface area contributed by atoms with Crippen LogP contribution in [0.5, 0.6) is 0 Å². The van der Waals surface area contributed by atoms with Gasteiger partial charge in [0.05, 0.1) is 7.11 Å². The predicted molar refractivity (Wildman–Crippen MR) is 84.0 cm³/mol. The van der Waals surface area contributed by atoms with Gasteiger partial charge in [-0.05, 0) is 36.4 Å². The molecule has 0 aromatic heterocycles. The van der Waals surface area contributed by atoms with Gasteiger partial charge in [0.2, 0.25) is 0 Å². The quantitative estimate of drug-likeness (QED) is 0.658. The first-order chi connectivity index (χ1) is 11.1. The Morgan fingerprint density at radius 1 is 1.04 bits per heavy atom. The average Bonchev–Trinajstić information content (AvgIpc) is 2.59. The molecule has 0 atom stereocenters. The van der Waals surface area contributed by atoms with Crippen LogP contribution < -0.4 is 10.6 Å². The van der Waals surface area contributed by atoms with E-state index < -0.39 is 11.9 Å². The third-order valence-electron chi connectivity index (χ3n) is 2.92. The molecule has 0 radical (unpaired) electrons. The minimum Gasteiger partial charge on any atom is -0.464 e. The average molecular weight is 314 g/mol. The minimum absolute atomic E-state index is 0.0642. The highest BCUT2D eigenvalue weighted by Crippen LogP contribution is 2.09. The number of anilines is 1. The van der Waals surface area contributed by atoms with Gasteiger partial charge in [0.1, 0.15) is 11.5 Å². The lowest BCUT2D eigenvalue weighted by Gasteiger charge is -2.09. The number of ether oxygens (including phenoxy) is 1. The van der Waals surface area contributed by atoms with Crippen molar-refractivity contribution in [2.75, 3.05) is 12.4 Å². The summed E-state index contributed by atoms with van der Waals surface area (Å²) < 4.78 is 17.5. The van der Waals surface area contributed by atoms with E-state index in [0.717, 1.165) is 0 Å². The van der Waals surface area contributed by atoms with Gasteiger partial charge < -0.3 is 15.4 Å². The van der Waals surface area contributed by atoms with Gasteiger partial charge in [0.25, 0.3) is 5.91 Å². The largest absolute Gasteiger partial charge is 0.464 e. The van der Waals surface area contributed by atoms with Crippen LogP contribution in [0.3, 0.4) is 0 Å². The molecule has 0 heterocycles. The number of amides is 1. The minimum atomic E-state index is -0.705. The number of carbonyl (C=O) groups is 2. The highest BCUT2D eigenvalue weighted by Gasteiger charge is 2.14. The van der Waals surface area contributed by atoms with Crippen molar-refractivity contribution in [3.05, 3.63) is 77.9 Å². The van der Waals surface area contributed by atoms with Gasteiger partial charge >= 0.3 is 5.97 Å². The van der Waals surface area contributed by atoms with Gasteiger partial charge in [-0.1, -0.05) is 18.2 Å². The maximum absolute atomic E-state index is 12.9. The lowest BCUT2D eigenvalue weighted by molar-refractivity contribution is -0.136. The Morgan fingerprint density at radius 3 is 2.30 bits per heavy atom. The molecule has 0 aliphatic rings. The van der Waals surface area contributed by atoms with Crippen molar-refractivity contribution >= 4 is 17.6 Å². The predicted octanol–water partition coefficient (Wildman–Crippen LogP) is 2.68. The van der Waals surface area contributed by atoms with Crippen LogP contribution in [0.2, 0.25) is 0 Å². The molecule has 2 aromatic rings. The molecule has 118 valence electrons. The Morgan fingerprint density at radius 2 is 1.70 bits per heavy atom. The normalized spacial score (nSPS) is 10.8. The summed E-state index contributed by atoms with van der Waals surface area (Å²) in [6.07, 6.45) is 1.29. The van der Waals surface area contributed by atoms with Gasteiger partial charge in [-0.15, -0.1) is 0 Å². The first-order valence-electron chi connectivity index (χ1n) is 6.77. The Hall–Kier alpha value is -3.15. The Labute approximate surface area is 132 Å². The highest BCUT2D eigenvalue weighted by molar-refractivity contribution is 6.01. The molecule has 0 saturated heterocycles. The van der Waals surface area contributed by atoms with E-state index in [1.54, 1.807) is 30.3 Å². The van der Waals surface area contributed by atoms with Crippen molar-refractivity contribution in [2.24, 2.45) is 0 Å². The zero-order valence-electron chi connectivity index (χ0n) is 12.4. The van der Waals surface area contributed by atoms with Crippen molar-refractivity contribution < 1.29 is 18.7 Å². The zero-order valence-corrected chi connectivity index (χ0v) is 12.4. The molecule has 0 aliphatic heterocycles. The number of halogens is 1. The maximum atomic E-state index is 12.9. The number of nitrogens with one attached hydrogen (secondary N) is 2. The van der Waals surface area contributed by atoms with Gasteiger partial charge in [-0.2, -0.15) is 0 Å². The zero-order chi connectivity index (χ0) is 16.7. The van der Waals surface area contributed by atoms with E-state index in [0.29, 0.717) is 11.3 Å². The Balaban J connectivity index is 2.13. The van der Waals surface area contributed by atoms with Gasteiger partial charge in [-0.3, -0.25) is 4.79 Å². The smallest absolute Gasteiger partial charge is 0.356 e. The van der Waals surface area contributed by atoms with Crippen LogP contribution in [0.4, 0.5) is 10.1 Å². The van der Waals surface area contributed by atoms with Crippen LogP contribution in [0.15, 0.2) is 66.5 Å². The van der Waals surface area contributed by atoms with E-state index in [9.17, 15) is 14.0 Å². The van der Waals surface area contributed by atoms with E-state index in [4.69, 9.17) is 0 Å². The van der Waals surface area contributed by atoms with E-state index in [1.165, 1.54) is 37.6 Å². The van der Waals surface area contributed by atoms with E-state index in [-0.39, 0.29) is 11.5 Å². The molecular formula is C17H15FN2O3. The summed E-state index contributed by atoms with van der Waals surface area (Å²) in [6.45, 7) is 0. The van der Waals surface area contributed by atoms with Crippen molar-refractivity contribution in [2.45, 2.75) is 0 Å². The van der Waals surface area contributed by atoms with Crippen LogP contribution in [0.25, 0.3) is 0 Å². The summed E-state index contributed by atoms with van der Waals surface area (Å²) in [6, 6.07) is 14.0. The molecule has 6 heteroatoms. The van der Waals surface area contributed by atoms with Gasteiger partial charge in [0.15, 0.2) is 0 Å². The second kappa shape index (κ2) is 7.74. The van der Waals surface area contributed by atoms with Crippen LogP contribution >= 0.6 is 0 Å². The van der Waals surface area contributed by atoms with E-state index in [2.05, 4.69) is 15.4 Å². The summed E-state index contributed by atoms with van der Waals surface area (Å²) in [4.78, 5) is 23.8. The molecule has 0 fully saturated rings. The number of esters is 1. The van der Waals surface area contributed by atoms with E-state index in [1.807, 2.05) is 0 Å². The number of benzene rings is 2. The van der Waals surface area contributed by atoms with E-state index >= 15 is 0 Å². The fourth-order valence-electron chi connectivity index (χ4n) is 1.74. The first kappa shape index (κ1) is 16.2. The van der Waals surface area contributed by atoms with Crippen LogP contribution in [-0.4, -0.2) is 19.0 Å². The fraction of sp³-hybridized carbons (Fsp3) is 0.0588. The number of hydrogen-bond donors (Lipinski definition) is 2. The number of methoxy groups -OCH3 is 1. The third-order valence-corrected chi connectivity index (χ3v) is 2.92. The number of carbonyl (C=O) groups excluding carboxylic acids is 2. The van der Waals surface area contributed by atoms with Crippen LogP contribution in [0.1, 0.15) is 10.4 Å². The molecule has 0 unspecified atom stereocenters. The second-order valence-corrected chi connectivity index (χ2v) is 4.52. The summed E-state index contributed by atoms with van der Waals surface area (Å²) in [5.41, 5.74) is 0.900. The topological polar surface area (TPSA) is 67.4 Å². The third kappa shape index (κ3) is 4.67. The van der Waals surface area contributed by atoms with Crippen LogP contribution in [-0.2, 0) is 9.53 Å². The van der Waals surface area contributed by atoms with Gasteiger partial charge in [0, 0.05) is 17.5 Å². The maximum Gasteiger partial charge on any atom is 0.356 e. The molecule has 2 rings (SSSR count). The molecule has 0 aliphatic carbocycles. The molecular weight excluding hydrogens is 299 g/mol. The lowest BCUT2D eigenvalue weighted by Crippen LogP contribution is -2.28. The van der Waals surface area contributed by atoms with Gasteiger partial charge in [-0.25, -0.2) is 9.18 Å². The molecule has 0 bridgehead atoms. The first-order valence-corrected chi connectivity index (χ1v) is 6.77. The summed E-state index contributed by atoms with van der Waals surface area (Å²) >= 11 is 0. The number of rotatable bonds is 5. The lowest BCUT2D eigenvalue weighted by atomic mass is 10.2. The summed E-state index contributed by atoms with van der Waals surface area (Å²) in [7, 11) is 1.21. The fourth-order valence-corrected chi connectivity index (χ4v) is 1.74. The standard InChI is InChI=1S/C17H15FN2O3/c1-23-17(22)15(11-19-14-9-7-13(18)8-10-14)20-16(21)12-5-3-2-4-6-12/h2-11,19H,1H3,(H,20,21)/b15-11+. The Kier molecular flexibility index (Phi) is 5.46. The van der Waals surface area contributed by atoms with Crippen molar-refractivity contribution in [1.82, 2.24) is 5.32 Å². The highest BCUT2D eigenvalue weighted by atomic mass is 19.1. The summed E-state index contributed by atoms with van der Waals surface area (Å²) in [5, 5.41) is 5.28. The molecule has 0 spiro atoms. The SMILES string of the molecule is COC(=O)/C(=C\Nc1ccc(F)cc1)NC(=O)c1ccccc1. The molecule has 2 aromatic carbocycles. The van der Waals surface area contributed by atoms with Crippen LogP contribution in [0, 0.1) is 5.82 Å². The van der Waals surface area contributed by atoms with Crippen molar-refractivity contribution in [1.29, 1.82) is 0 Å². The second-order valence-electron chi connectivity index (χ2n) is 4.52. The molecule has 0 saturated carbocycles. The monoisotopic (exact) mass is 314 g/mol. The van der Waals surface area contributed by atoms with Crippen molar-refractivity contribution in [3.63, 3.8) is 0 Å². The number of hydrogen-bond acceptors (Lipinski definition) is 4. The summed E-state index contributed by atoms with van der Waals surface area (Å²) in [5.74, 6) is -1.52. The molecule has 5 nitrogen and oxygen atoms in total. The van der Waals surface area contributed by atoms with Crippen molar-refractivity contribution in [3.8, 4) is 0 Å². The molecule has 23 heavy (non-hydrogen) atoms. The molecule has 1 amide bonds. The molecule has 2 N–H and O–H groups in total. The Bertz CT molecular complexity index is 712.